The number of carbonyl (C=O) groups excluding carboxylic acids is 1. The number of carbonyl (C=O) groups is 1. The molecule has 0 aromatic carbocycles. The molecule has 3 atom stereocenters. The van der Waals surface area contributed by atoms with Gasteiger partial charge in [0.05, 0.1) is 0 Å². The Morgan fingerprint density at radius 3 is 2.25 bits per heavy atom. The number of Topliss-reactive ketones (excluding diaryl/α,β-unsaturated/α-hetero) is 1. The maximum Gasteiger partial charge on any atom is 0.139 e. The van der Waals surface area contributed by atoms with Crippen molar-refractivity contribution in [1.82, 2.24) is 0 Å². The minimum atomic E-state index is -0.119. The van der Waals surface area contributed by atoms with Crippen molar-refractivity contribution >= 4 is 5.78 Å². The molecule has 0 spiro atoms. The molecule has 16 heavy (non-hydrogen) atoms. The lowest BCUT2D eigenvalue weighted by Gasteiger charge is -2.44. The van der Waals surface area contributed by atoms with Gasteiger partial charge in [0.1, 0.15) is 5.78 Å². The van der Waals surface area contributed by atoms with Gasteiger partial charge in [0.25, 0.3) is 0 Å². The fraction of sp³-hybridized carbons (Fsp3) is 0.800. The molecule has 3 rings (SSSR count). The van der Waals surface area contributed by atoms with Gasteiger partial charge in [-0.1, -0.05) is 32.9 Å². The molecule has 0 aromatic heterocycles. The Kier molecular flexibility index (Phi) is 1.73. The van der Waals surface area contributed by atoms with Crippen molar-refractivity contribution in [1.29, 1.82) is 0 Å². The third-order valence-electron chi connectivity index (χ3n) is 6.49. The minimum Gasteiger partial charge on any atom is -0.299 e. The molecule has 0 radical (unpaired) electrons. The molecule has 88 valence electrons. The van der Waals surface area contributed by atoms with Crippen LogP contribution in [0.4, 0.5) is 0 Å². The zero-order chi connectivity index (χ0) is 11.8. The Hall–Kier alpha value is -0.590. The van der Waals surface area contributed by atoms with Gasteiger partial charge in [0, 0.05) is 11.8 Å². The molecule has 0 bridgehead atoms. The van der Waals surface area contributed by atoms with E-state index in [1.807, 2.05) is 0 Å². The largest absolute Gasteiger partial charge is 0.299 e. The Morgan fingerprint density at radius 2 is 1.88 bits per heavy atom. The molecule has 1 nitrogen and oxygen atoms in total. The summed E-state index contributed by atoms with van der Waals surface area (Å²) in [5.41, 5.74) is 2.00. The number of hydrogen-bond donors (Lipinski definition) is 0. The van der Waals surface area contributed by atoms with Crippen LogP contribution in [0.5, 0.6) is 0 Å². The number of allylic oxidation sites excluding steroid dienone is 1. The minimum absolute atomic E-state index is 0.119. The second-order valence-corrected chi connectivity index (χ2v) is 6.95. The average molecular weight is 218 g/mol. The molecule has 0 aliphatic heterocycles. The molecule has 3 aliphatic carbocycles. The average Bonchev–Trinajstić information content (AvgIpc) is 2.84. The summed E-state index contributed by atoms with van der Waals surface area (Å²) in [4.78, 5) is 12.1. The van der Waals surface area contributed by atoms with Crippen LogP contribution in [0.25, 0.3) is 0 Å². The van der Waals surface area contributed by atoms with Gasteiger partial charge in [-0.3, -0.25) is 4.79 Å². The fourth-order valence-electron chi connectivity index (χ4n) is 4.73. The van der Waals surface area contributed by atoms with Crippen LogP contribution >= 0.6 is 0 Å². The van der Waals surface area contributed by atoms with Gasteiger partial charge in [-0.15, -0.1) is 0 Å². The molecule has 0 saturated heterocycles. The van der Waals surface area contributed by atoms with Gasteiger partial charge < -0.3 is 0 Å². The number of rotatable bonds is 1. The van der Waals surface area contributed by atoms with Crippen LogP contribution in [0, 0.1) is 22.2 Å². The van der Waals surface area contributed by atoms with Crippen molar-refractivity contribution in [2.45, 2.75) is 52.9 Å². The lowest BCUT2D eigenvalue weighted by molar-refractivity contribution is -0.129. The first-order valence-corrected chi connectivity index (χ1v) is 6.56. The molecule has 3 saturated carbocycles. The van der Waals surface area contributed by atoms with E-state index >= 15 is 0 Å². The summed E-state index contributed by atoms with van der Waals surface area (Å²) in [7, 11) is 0. The van der Waals surface area contributed by atoms with Gasteiger partial charge in [0.15, 0.2) is 0 Å². The molecule has 0 heterocycles. The van der Waals surface area contributed by atoms with Crippen molar-refractivity contribution < 1.29 is 4.79 Å². The molecular weight excluding hydrogens is 196 g/mol. The van der Waals surface area contributed by atoms with Crippen LogP contribution < -0.4 is 0 Å². The van der Waals surface area contributed by atoms with Crippen molar-refractivity contribution in [2.75, 3.05) is 0 Å². The quantitative estimate of drug-likeness (QED) is 0.613. The van der Waals surface area contributed by atoms with E-state index in [0.29, 0.717) is 11.2 Å². The van der Waals surface area contributed by atoms with E-state index in [1.165, 1.54) is 24.8 Å². The highest BCUT2D eigenvalue weighted by molar-refractivity contribution is 5.87. The number of hydrogen-bond acceptors (Lipinski definition) is 1. The van der Waals surface area contributed by atoms with Gasteiger partial charge in [0.2, 0.25) is 0 Å². The Balaban J connectivity index is 2.02. The van der Waals surface area contributed by atoms with Crippen molar-refractivity contribution in [3.05, 3.63) is 12.2 Å². The maximum atomic E-state index is 12.1. The normalized spacial score (nSPS) is 49.6. The Bertz CT molecular complexity index is 392. The van der Waals surface area contributed by atoms with Gasteiger partial charge in [-0.25, -0.2) is 0 Å². The third kappa shape index (κ3) is 0.881. The highest BCUT2D eigenvalue weighted by Gasteiger charge is 2.73. The smallest absolute Gasteiger partial charge is 0.139 e. The third-order valence-corrected chi connectivity index (χ3v) is 6.49. The molecule has 1 heteroatoms. The Morgan fingerprint density at radius 1 is 1.19 bits per heavy atom. The topological polar surface area (TPSA) is 17.1 Å². The van der Waals surface area contributed by atoms with Crippen LogP contribution in [0.2, 0.25) is 0 Å². The van der Waals surface area contributed by atoms with Crippen molar-refractivity contribution in [3.63, 3.8) is 0 Å². The van der Waals surface area contributed by atoms with E-state index in [0.717, 1.165) is 18.8 Å². The van der Waals surface area contributed by atoms with Crippen LogP contribution in [0.3, 0.4) is 0 Å². The second-order valence-electron chi connectivity index (χ2n) is 6.95. The van der Waals surface area contributed by atoms with E-state index in [1.54, 1.807) is 0 Å². The fourth-order valence-corrected chi connectivity index (χ4v) is 4.73. The molecule has 3 fully saturated rings. The standard InChI is InChI=1S/C15H22O/c1-10-5-8-15(9-11(10)15)14(4)7-6-12(16)13(14,2)3/h11H,1,5-9H2,2-4H3/t11-,14-,15-/m0/s1. The van der Waals surface area contributed by atoms with Crippen molar-refractivity contribution in [3.8, 4) is 0 Å². The molecule has 0 unspecified atom stereocenters. The molecule has 3 aliphatic rings. The summed E-state index contributed by atoms with van der Waals surface area (Å²) >= 11 is 0. The summed E-state index contributed by atoms with van der Waals surface area (Å²) in [6, 6.07) is 0. The zero-order valence-corrected chi connectivity index (χ0v) is 10.7. The van der Waals surface area contributed by atoms with Crippen LogP contribution in [0.1, 0.15) is 52.9 Å². The first-order chi connectivity index (χ1) is 7.35. The van der Waals surface area contributed by atoms with Crippen LogP contribution in [-0.4, -0.2) is 5.78 Å². The highest BCUT2D eigenvalue weighted by atomic mass is 16.1. The summed E-state index contributed by atoms with van der Waals surface area (Å²) in [6.45, 7) is 10.9. The molecule has 0 amide bonds. The Labute approximate surface area is 98.3 Å². The summed E-state index contributed by atoms with van der Waals surface area (Å²) < 4.78 is 0. The molecule has 0 aromatic rings. The SMILES string of the molecule is C=C1CC[C@]2([C@@]3(C)CCC(=O)C3(C)C)C[C@@H]12. The highest BCUT2D eigenvalue weighted by Crippen LogP contribution is 2.79. The monoisotopic (exact) mass is 218 g/mol. The predicted octanol–water partition coefficient (Wildman–Crippen LogP) is 3.74. The lowest BCUT2D eigenvalue weighted by Crippen LogP contribution is -2.41. The van der Waals surface area contributed by atoms with Gasteiger partial charge in [-0.05, 0) is 42.4 Å². The zero-order valence-electron chi connectivity index (χ0n) is 10.7. The summed E-state index contributed by atoms with van der Waals surface area (Å²) in [5, 5.41) is 0. The van der Waals surface area contributed by atoms with Crippen LogP contribution in [-0.2, 0) is 4.79 Å². The van der Waals surface area contributed by atoms with E-state index in [4.69, 9.17) is 0 Å². The number of ketones is 1. The van der Waals surface area contributed by atoms with E-state index in [-0.39, 0.29) is 10.8 Å². The summed E-state index contributed by atoms with van der Waals surface area (Å²) in [6.07, 6.45) is 5.68. The van der Waals surface area contributed by atoms with E-state index in [2.05, 4.69) is 27.4 Å². The van der Waals surface area contributed by atoms with Gasteiger partial charge >= 0.3 is 0 Å². The first-order valence-electron chi connectivity index (χ1n) is 6.56. The second kappa shape index (κ2) is 2.63. The number of fused-ring (bicyclic) bond motifs is 1. The van der Waals surface area contributed by atoms with E-state index < -0.39 is 0 Å². The maximum absolute atomic E-state index is 12.1. The lowest BCUT2D eigenvalue weighted by atomic mass is 9.59. The molecule has 0 N–H and O–H groups in total. The van der Waals surface area contributed by atoms with E-state index in [9.17, 15) is 4.79 Å². The van der Waals surface area contributed by atoms with Gasteiger partial charge in [-0.2, -0.15) is 0 Å². The molecular formula is C15H22O. The first kappa shape index (κ1) is 10.6. The van der Waals surface area contributed by atoms with Crippen LogP contribution in [0.15, 0.2) is 12.2 Å². The predicted molar refractivity (Wildman–Crippen MR) is 65.0 cm³/mol. The van der Waals surface area contributed by atoms with Crippen molar-refractivity contribution in [2.24, 2.45) is 22.2 Å². The summed E-state index contributed by atoms with van der Waals surface area (Å²) in [5.74, 6) is 1.22.